The molecule has 1 N–H and O–H groups in total. The van der Waals surface area contributed by atoms with Gasteiger partial charge >= 0.3 is 5.97 Å². The van der Waals surface area contributed by atoms with Gasteiger partial charge < -0.3 is 24.2 Å². The molecular weight excluding hydrogens is 618 g/mol. The molecule has 256 valence electrons. The molecule has 0 amide bonds. The van der Waals surface area contributed by atoms with Crippen LogP contribution < -0.4 is 9.64 Å². The Morgan fingerprint density at radius 3 is 2.54 bits per heavy atom. The lowest BCUT2D eigenvalue weighted by Crippen LogP contribution is -2.46. The molecule has 3 aliphatic rings. The van der Waals surface area contributed by atoms with E-state index in [1.807, 2.05) is 33.8 Å². The number of hydrogen-bond acceptors (Lipinski definition) is 7. The lowest BCUT2D eigenvalue weighted by Gasteiger charge is -2.41. The van der Waals surface area contributed by atoms with Crippen LogP contribution in [-0.4, -0.2) is 62.7 Å². The minimum atomic E-state index is -1.30. The summed E-state index contributed by atoms with van der Waals surface area (Å²) >= 11 is 0. The van der Waals surface area contributed by atoms with Crippen LogP contribution >= 0.6 is 0 Å². The highest BCUT2D eigenvalue weighted by Crippen LogP contribution is 2.40. The molecule has 2 aromatic carbocycles. The van der Waals surface area contributed by atoms with Crippen molar-refractivity contribution in [3.8, 4) is 28.1 Å². The lowest BCUT2D eigenvalue weighted by atomic mass is 9.92. The third-order valence-corrected chi connectivity index (χ3v) is 9.16. The van der Waals surface area contributed by atoms with Crippen LogP contribution in [0.2, 0.25) is 0 Å². The number of ether oxygens (including phenoxy) is 3. The van der Waals surface area contributed by atoms with Crippen molar-refractivity contribution < 1.29 is 32.9 Å². The summed E-state index contributed by atoms with van der Waals surface area (Å²) in [6.45, 7) is 13.1. The van der Waals surface area contributed by atoms with Gasteiger partial charge in [-0.3, -0.25) is 0 Å². The van der Waals surface area contributed by atoms with Crippen molar-refractivity contribution in [2.24, 2.45) is 0 Å². The van der Waals surface area contributed by atoms with E-state index in [0.29, 0.717) is 59.2 Å². The fourth-order valence-electron chi connectivity index (χ4n) is 6.62. The number of aryl methyl sites for hydroxylation is 1. The van der Waals surface area contributed by atoms with E-state index in [1.54, 1.807) is 23.6 Å². The average Bonchev–Trinajstić information content (AvgIpc) is 3.43. The van der Waals surface area contributed by atoms with E-state index in [-0.39, 0.29) is 23.0 Å². The first-order valence-electron chi connectivity index (χ1n) is 16.7. The van der Waals surface area contributed by atoms with E-state index in [0.717, 1.165) is 32.1 Å². The Labute approximate surface area is 279 Å². The van der Waals surface area contributed by atoms with Crippen LogP contribution in [0.4, 0.5) is 14.6 Å². The van der Waals surface area contributed by atoms with E-state index in [4.69, 9.17) is 24.3 Å². The standard InChI is InChI=1S/C37H44F2N4O5/c1-22-9-7-8-18-46-37(6)14-16-42(17-15-37)34-32(33(35(44)45)48-36(3,4)5)23(2)40-31-21-29(41-43(31)34)24-10-13-28(39)27(19-24)26-12-11-25(38)20-30(26)47-22/h10-13,19-22,33H,7-9,14-18H2,1-6H3,(H,44,45). The largest absolute Gasteiger partial charge is 0.490 e. The first kappa shape index (κ1) is 33.8. The Bertz CT molecular complexity index is 1830. The van der Waals surface area contributed by atoms with Gasteiger partial charge in [-0.2, -0.15) is 9.61 Å². The van der Waals surface area contributed by atoms with Gasteiger partial charge in [0.1, 0.15) is 23.2 Å². The van der Waals surface area contributed by atoms with Gasteiger partial charge in [-0.15, -0.1) is 0 Å². The van der Waals surface area contributed by atoms with E-state index in [1.165, 1.54) is 24.3 Å². The molecule has 2 aromatic heterocycles. The quantitative estimate of drug-likeness (QED) is 0.236. The highest BCUT2D eigenvalue weighted by Gasteiger charge is 2.38. The van der Waals surface area contributed by atoms with Crippen LogP contribution in [0.5, 0.6) is 5.75 Å². The third kappa shape index (κ3) is 7.03. The number of aromatic nitrogens is 3. The van der Waals surface area contributed by atoms with Crippen LogP contribution in [0.1, 0.15) is 84.1 Å². The molecule has 4 aromatic rings. The summed E-state index contributed by atoms with van der Waals surface area (Å²) in [6, 6.07) is 10.6. The van der Waals surface area contributed by atoms with Gasteiger partial charge in [0.2, 0.25) is 0 Å². The molecule has 5 heterocycles. The first-order chi connectivity index (χ1) is 22.7. The SMILES string of the molecule is Cc1nc2cc3nn2c(c1C(OC(C)(C)C)C(=O)O)N1CCC(C)(CC1)OCCCCC(C)Oc1cc(F)ccc1-c1cc-3ccc1F. The number of aliphatic carboxylic acids is 1. The highest BCUT2D eigenvalue weighted by molar-refractivity contribution is 5.80. The number of carboxylic acids is 1. The number of fused-ring (bicyclic) bond motifs is 8. The molecule has 2 unspecified atom stereocenters. The van der Waals surface area contributed by atoms with Gasteiger partial charge in [0.15, 0.2) is 11.8 Å². The zero-order valence-electron chi connectivity index (χ0n) is 28.5. The molecule has 48 heavy (non-hydrogen) atoms. The maximum absolute atomic E-state index is 15.5. The molecule has 0 spiro atoms. The minimum Gasteiger partial charge on any atom is -0.490 e. The summed E-state index contributed by atoms with van der Waals surface area (Å²) in [5, 5.41) is 15.4. The maximum atomic E-state index is 15.5. The molecule has 7 rings (SSSR count). The predicted octanol–water partition coefficient (Wildman–Crippen LogP) is 7.92. The Morgan fingerprint density at radius 2 is 1.83 bits per heavy atom. The summed E-state index contributed by atoms with van der Waals surface area (Å²) in [6.07, 6.45) is 2.34. The van der Waals surface area contributed by atoms with Crippen molar-refractivity contribution in [1.82, 2.24) is 14.6 Å². The topological polar surface area (TPSA) is 98.4 Å². The molecule has 3 aliphatic heterocycles. The molecule has 2 atom stereocenters. The van der Waals surface area contributed by atoms with Crippen molar-refractivity contribution in [2.45, 2.75) is 97.1 Å². The van der Waals surface area contributed by atoms with Crippen molar-refractivity contribution in [1.29, 1.82) is 0 Å². The van der Waals surface area contributed by atoms with Crippen LogP contribution in [0.15, 0.2) is 42.5 Å². The van der Waals surface area contributed by atoms with Gasteiger partial charge in [0, 0.05) is 54.2 Å². The molecule has 6 bridgehead atoms. The van der Waals surface area contributed by atoms with Gasteiger partial charge in [-0.05, 0) is 104 Å². The second-order valence-corrected chi connectivity index (χ2v) is 14.2. The summed E-state index contributed by atoms with van der Waals surface area (Å²) in [4.78, 5) is 19.8. The lowest BCUT2D eigenvalue weighted by molar-refractivity contribution is -0.160. The summed E-state index contributed by atoms with van der Waals surface area (Å²) in [5.74, 6) is -1.21. The number of carbonyl (C=O) groups is 1. The van der Waals surface area contributed by atoms with Gasteiger partial charge in [-0.1, -0.05) is 0 Å². The highest BCUT2D eigenvalue weighted by atomic mass is 19.1. The number of benzene rings is 2. The van der Waals surface area contributed by atoms with E-state index >= 15 is 4.39 Å². The molecule has 0 radical (unpaired) electrons. The second kappa shape index (κ2) is 13.1. The van der Waals surface area contributed by atoms with Crippen LogP contribution in [0, 0.1) is 18.6 Å². The number of halogens is 2. The van der Waals surface area contributed by atoms with Gasteiger partial charge in [0.25, 0.3) is 0 Å². The fraction of sp³-hybridized carbons (Fsp3) is 0.486. The van der Waals surface area contributed by atoms with Crippen molar-refractivity contribution in [2.75, 3.05) is 24.6 Å². The smallest absolute Gasteiger partial charge is 0.337 e. The van der Waals surface area contributed by atoms with E-state index in [2.05, 4.69) is 11.8 Å². The van der Waals surface area contributed by atoms with Gasteiger partial charge in [0.05, 0.1) is 28.6 Å². The Morgan fingerprint density at radius 1 is 1.08 bits per heavy atom. The van der Waals surface area contributed by atoms with Crippen LogP contribution in [0.3, 0.4) is 0 Å². The summed E-state index contributed by atoms with van der Waals surface area (Å²) in [5.41, 5.74) is 2.19. The molecule has 9 nitrogen and oxygen atoms in total. The average molecular weight is 663 g/mol. The van der Waals surface area contributed by atoms with Crippen molar-refractivity contribution in [3.05, 3.63) is 65.4 Å². The summed E-state index contributed by atoms with van der Waals surface area (Å²) in [7, 11) is 0. The number of carboxylic acid groups (broad SMARTS) is 1. The zero-order chi connectivity index (χ0) is 34.4. The predicted molar refractivity (Wildman–Crippen MR) is 179 cm³/mol. The monoisotopic (exact) mass is 662 g/mol. The molecule has 1 saturated heterocycles. The number of nitrogens with zero attached hydrogens (tertiary/aromatic N) is 4. The molecular formula is C37H44F2N4O5. The molecule has 1 fully saturated rings. The van der Waals surface area contributed by atoms with Crippen molar-refractivity contribution in [3.63, 3.8) is 0 Å². The molecule has 0 aliphatic carbocycles. The Kier molecular flexibility index (Phi) is 9.21. The van der Waals surface area contributed by atoms with Crippen LogP contribution in [-0.2, 0) is 14.3 Å². The Hall–Kier alpha value is -4.09. The molecule has 0 saturated carbocycles. The summed E-state index contributed by atoms with van der Waals surface area (Å²) < 4.78 is 50.5. The zero-order valence-corrected chi connectivity index (χ0v) is 28.5. The van der Waals surface area contributed by atoms with Crippen molar-refractivity contribution >= 4 is 17.4 Å². The third-order valence-electron chi connectivity index (χ3n) is 9.16. The molecule has 11 heteroatoms. The normalized spacial score (nSPS) is 21.2. The Balaban J connectivity index is 1.55. The fourth-order valence-corrected chi connectivity index (χ4v) is 6.62. The number of piperidine rings is 1. The van der Waals surface area contributed by atoms with E-state index in [9.17, 15) is 14.3 Å². The number of anilines is 1. The number of hydrogen-bond donors (Lipinski definition) is 1. The van der Waals surface area contributed by atoms with Gasteiger partial charge in [-0.25, -0.2) is 18.6 Å². The second-order valence-electron chi connectivity index (χ2n) is 14.2. The first-order valence-corrected chi connectivity index (χ1v) is 16.7. The minimum absolute atomic E-state index is 0.224. The maximum Gasteiger partial charge on any atom is 0.337 e. The van der Waals surface area contributed by atoms with Crippen LogP contribution in [0.25, 0.3) is 28.0 Å². The van der Waals surface area contributed by atoms with E-state index < -0.39 is 29.3 Å². The number of rotatable bonds is 3.